The summed E-state index contributed by atoms with van der Waals surface area (Å²) in [5, 5.41) is 8.05. The molecule has 0 bridgehead atoms. The molecule has 0 unspecified atom stereocenters. The van der Waals surface area contributed by atoms with Crippen LogP contribution in [0.2, 0.25) is 0 Å². The maximum atomic E-state index is 13.3. The number of aromatic nitrogens is 3. The van der Waals surface area contributed by atoms with E-state index in [1.165, 1.54) is 24.3 Å². The number of halogens is 1. The Morgan fingerprint density at radius 3 is 2.47 bits per heavy atom. The van der Waals surface area contributed by atoms with Gasteiger partial charge in [-0.3, -0.25) is 4.79 Å². The third-order valence-electron chi connectivity index (χ3n) is 4.96. The van der Waals surface area contributed by atoms with Gasteiger partial charge in [0.2, 0.25) is 0 Å². The summed E-state index contributed by atoms with van der Waals surface area (Å²) in [7, 11) is 0. The summed E-state index contributed by atoms with van der Waals surface area (Å²) in [5.41, 5.74) is 2.98. The minimum absolute atomic E-state index is 0.179. The van der Waals surface area contributed by atoms with E-state index in [9.17, 15) is 9.18 Å². The van der Waals surface area contributed by atoms with E-state index in [1.54, 1.807) is 4.68 Å². The molecule has 5 nitrogen and oxygen atoms in total. The Morgan fingerprint density at radius 2 is 1.67 bits per heavy atom. The van der Waals surface area contributed by atoms with Crippen molar-refractivity contribution < 1.29 is 4.39 Å². The lowest BCUT2D eigenvalue weighted by Gasteiger charge is -2.28. The Bertz CT molecular complexity index is 1300. The second-order valence-corrected chi connectivity index (χ2v) is 6.95. The monoisotopic (exact) mass is 396 g/mol. The lowest BCUT2D eigenvalue weighted by molar-refractivity contribution is 0.565. The number of fused-ring (bicyclic) bond motifs is 3. The maximum absolute atomic E-state index is 13.3. The van der Waals surface area contributed by atoms with Crippen molar-refractivity contribution in [2.24, 2.45) is 0 Å². The first kappa shape index (κ1) is 18.0. The van der Waals surface area contributed by atoms with Crippen molar-refractivity contribution >= 4 is 11.8 Å². The molecule has 1 atom stereocenters. The molecule has 2 heterocycles. The highest BCUT2D eigenvalue weighted by atomic mass is 19.1. The topological polar surface area (TPSA) is 59.8 Å². The van der Waals surface area contributed by atoms with Crippen LogP contribution < -0.4 is 10.9 Å². The van der Waals surface area contributed by atoms with Gasteiger partial charge in [0, 0.05) is 16.8 Å². The highest BCUT2D eigenvalue weighted by Crippen LogP contribution is 2.34. The predicted octanol–water partition coefficient (Wildman–Crippen LogP) is 4.75. The number of rotatable bonds is 3. The summed E-state index contributed by atoms with van der Waals surface area (Å²) in [5.74, 6) is 0.118. The van der Waals surface area contributed by atoms with Gasteiger partial charge in [-0.1, -0.05) is 48.5 Å². The van der Waals surface area contributed by atoms with Crippen LogP contribution in [0.3, 0.4) is 0 Å². The van der Waals surface area contributed by atoms with Gasteiger partial charge in [-0.05, 0) is 48.0 Å². The van der Waals surface area contributed by atoms with Crippen LogP contribution in [0.15, 0.2) is 89.7 Å². The van der Waals surface area contributed by atoms with Crippen LogP contribution in [0.5, 0.6) is 0 Å². The van der Waals surface area contributed by atoms with Gasteiger partial charge in [0.25, 0.3) is 5.56 Å². The van der Waals surface area contributed by atoms with Crippen LogP contribution in [0.1, 0.15) is 11.7 Å². The molecule has 0 saturated carbocycles. The van der Waals surface area contributed by atoms with Gasteiger partial charge in [0.15, 0.2) is 11.5 Å². The Kier molecular flexibility index (Phi) is 4.44. The number of hydrogen-bond donors (Lipinski definition) is 1. The first-order chi connectivity index (χ1) is 14.7. The normalized spacial score (nSPS) is 14.8. The van der Waals surface area contributed by atoms with E-state index in [-0.39, 0.29) is 17.7 Å². The smallest absolute Gasteiger partial charge is 0.300 e. The zero-order valence-corrected chi connectivity index (χ0v) is 15.9. The van der Waals surface area contributed by atoms with E-state index in [0.29, 0.717) is 11.4 Å². The summed E-state index contributed by atoms with van der Waals surface area (Å²) in [6.45, 7) is 0. The van der Waals surface area contributed by atoms with Crippen LogP contribution in [0.4, 0.5) is 10.1 Å². The molecule has 0 aliphatic carbocycles. The van der Waals surface area contributed by atoms with E-state index in [1.807, 2.05) is 66.7 Å². The molecule has 1 aromatic heterocycles. The van der Waals surface area contributed by atoms with Crippen molar-refractivity contribution in [3.05, 3.63) is 107 Å². The van der Waals surface area contributed by atoms with Crippen molar-refractivity contribution in [3.63, 3.8) is 0 Å². The van der Waals surface area contributed by atoms with E-state index >= 15 is 0 Å². The first-order valence-corrected chi connectivity index (χ1v) is 9.55. The summed E-state index contributed by atoms with van der Waals surface area (Å²) in [6, 6.07) is 23.3. The van der Waals surface area contributed by atoms with Crippen LogP contribution >= 0.6 is 0 Å². The second-order valence-electron chi connectivity index (χ2n) is 6.95. The van der Waals surface area contributed by atoms with Crippen molar-refractivity contribution in [1.82, 2.24) is 14.8 Å². The second kappa shape index (κ2) is 7.40. The standard InChI is InChI=1S/C24H17FN4O/c25-18-13-11-17(12-14-18)22-24(30)27-23-19-8-4-5-9-20(19)26-21(29(23)28-22)15-10-16-6-2-1-3-7-16/h1-15,21,26H/b15-10+/t21-/m1/s1. The molecule has 0 fully saturated rings. The molecule has 5 rings (SSSR count). The highest BCUT2D eigenvalue weighted by molar-refractivity contribution is 5.76. The lowest BCUT2D eigenvalue weighted by Crippen LogP contribution is -2.30. The third-order valence-corrected chi connectivity index (χ3v) is 4.96. The van der Waals surface area contributed by atoms with Gasteiger partial charge in [-0.25, -0.2) is 9.07 Å². The van der Waals surface area contributed by atoms with Gasteiger partial charge >= 0.3 is 0 Å². The fraction of sp³-hybridized carbons (Fsp3) is 0.0417. The molecule has 0 saturated heterocycles. The molecule has 30 heavy (non-hydrogen) atoms. The zero-order chi connectivity index (χ0) is 20.5. The predicted molar refractivity (Wildman–Crippen MR) is 115 cm³/mol. The molecule has 4 aromatic rings. The van der Waals surface area contributed by atoms with Crippen molar-refractivity contribution in [2.75, 3.05) is 5.32 Å². The fourth-order valence-electron chi connectivity index (χ4n) is 3.49. The van der Waals surface area contributed by atoms with Gasteiger partial charge < -0.3 is 5.32 Å². The Morgan fingerprint density at radius 1 is 0.933 bits per heavy atom. The van der Waals surface area contributed by atoms with Crippen molar-refractivity contribution in [3.8, 4) is 22.6 Å². The molecule has 1 aliphatic heterocycles. The van der Waals surface area contributed by atoms with Gasteiger partial charge in [-0.2, -0.15) is 10.1 Å². The molecule has 0 radical (unpaired) electrons. The average Bonchev–Trinajstić information content (AvgIpc) is 2.78. The average molecular weight is 396 g/mol. The number of nitrogens with zero attached hydrogens (tertiary/aromatic N) is 3. The Balaban J connectivity index is 1.65. The van der Waals surface area contributed by atoms with Crippen LogP contribution in [0.25, 0.3) is 28.7 Å². The highest BCUT2D eigenvalue weighted by Gasteiger charge is 2.25. The summed E-state index contributed by atoms with van der Waals surface area (Å²) >= 11 is 0. The lowest BCUT2D eigenvalue weighted by atomic mass is 10.1. The van der Waals surface area contributed by atoms with Gasteiger partial charge in [0.1, 0.15) is 12.0 Å². The molecule has 1 N–H and O–H groups in total. The molecular formula is C24H17FN4O. The van der Waals surface area contributed by atoms with Gasteiger partial charge in [0.05, 0.1) is 0 Å². The SMILES string of the molecule is O=c1nc2n(nc1-c1ccc(F)cc1)[C@H](/C=C/c1ccccc1)Nc1ccccc1-2. The first-order valence-electron chi connectivity index (χ1n) is 9.55. The molecular weight excluding hydrogens is 379 g/mol. The van der Waals surface area contributed by atoms with Crippen LogP contribution in [0, 0.1) is 5.82 Å². The number of hydrogen-bond acceptors (Lipinski definition) is 4. The summed E-state index contributed by atoms with van der Waals surface area (Å²) in [6.07, 6.45) is 3.62. The minimum Gasteiger partial charge on any atom is -0.360 e. The van der Waals surface area contributed by atoms with Crippen molar-refractivity contribution in [1.29, 1.82) is 0 Å². The molecule has 6 heteroatoms. The molecule has 0 amide bonds. The Labute approximate surface area is 172 Å². The van der Waals surface area contributed by atoms with E-state index in [0.717, 1.165) is 16.8 Å². The molecule has 1 aliphatic rings. The molecule has 3 aromatic carbocycles. The van der Waals surface area contributed by atoms with E-state index < -0.39 is 5.56 Å². The fourth-order valence-corrected chi connectivity index (χ4v) is 3.49. The molecule has 0 spiro atoms. The number of anilines is 1. The van der Waals surface area contributed by atoms with Crippen LogP contribution in [-0.2, 0) is 0 Å². The van der Waals surface area contributed by atoms with Crippen LogP contribution in [-0.4, -0.2) is 14.8 Å². The minimum atomic E-state index is -0.449. The van der Waals surface area contributed by atoms with E-state index in [4.69, 9.17) is 0 Å². The quantitative estimate of drug-likeness (QED) is 0.543. The number of benzene rings is 3. The number of para-hydroxylation sites is 1. The third kappa shape index (κ3) is 3.28. The van der Waals surface area contributed by atoms with Crippen molar-refractivity contribution in [2.45, 2.75) is 6.17 Å². The van der Waals surface area contributed by atoms with E-state index in [2.05, 4.69) is 15.4 Å². The zero-order valence-electron chi connectivity index (χ0n) is 15.9. The molecule has 146 valence electrons. The Hall–Kier alpha value is -4.06. The summed E-state index contributed by atoms with van der Waals surface area (Å²) < 4.78 is 15.0. The maximum Gasteiger partial charge on any atom is 0.300 e. The number of nitrogens with one attached hydrogen (secondary N) is 1. The largest absolute Gasteiger partial charge is 0.360 e. The van der Waals surface area contributed by atoms with Gasteiger partial charge in [-0.15, -0.1) is 0 Å². The summed E-state index contributed by atoms with van der Waals surface area (Å²) in [4.78, 5) is 17.1.